The van der Waals surface area contributed by atoms with Gasteiger partial charge in [-0.3, -0.25) is 9.67 Å². The van der Waals surface area contributed by atoms with E-state index in [9.17, 15) is 5.11 Å². The van der Waals surface area contributed by atoms with Gasteiger partial charge in [0.2, 0.25) is 0 Å². The fraction of sp³-hybridized carbons (Fsp3) is 0.375. The van der Waals surface area contributed by atoms with Crippen molar-refractivity contribution in [2.24, 2.45) is 12.0 Å². The number of hydrogen-bond donors (Lipinski definition) is 3. The number of benzene rings is 1. The van der Waals surface area contributed by atoms with E-state index in [1.165, 1.54) is 0 Å². The van der Waals surface area contributed by atoms with Gasteiger partial charge in [0.05, 0.1) is 12.8 Å². The Balaban J connectivity index is 0.00000264. The maximum absolute atomic E-state index is 9.56. The van der Waals surface area contributed by atoms with Crippen LogP contribution in [0.1, 0.15) is 17.0 Å². The van der Waals surface area contributed by atoms with Gasteiger partial charge in [0.15, 0.2) is 5.96 Å². The van der Waals surface area contributed by atoms with Crippen molar-refractivity contribution in [2.75, 3.05) is 20.2 Å². The molecule has 0 spiro atoms. The second-order valence-corrected chi connectivity index (χ2v) is 5.12. The maximum atomic E-state index is 9.56. The first kappa shape index (κ1) is 19.4. The molecule has 0 saturated carbocycles. The fourth-order valence-electron chi connectivity index (χ4n) is 2.20. The summed E-state index contributed by atoms with van der Waals surface area (Å²) < 4.78 is 1.77. The molecule has 3 N–H and O–H groups in total. The van der Waals surface area contributed by atoms with Crippen molar-refractivity contribution in [3.05, 3.63) is 53.9 Å². The molecule has 0 aliphatic heterocycles. The number of nitrogens with zero attached hydrogens (tertiary/aromatic N) is 3. The Bertz CT molecular complexity index is 600. The van der Waals surface area contributed by atoms with Crippen LogP contribution >= 0.6 is 24.0 Å². The number of aliphatic hydroxyl groups excluding tert-OH is 1. The summed E-state index contributed by atoms with van der Waals surface area (Å²) in [6, 6.07) is 9.98. The zero-order chi connectivity index (χ0) is 15.8. The summed E-state index contributed by atoms with van der Waals surface area (Å²) in [5.74, 6) is 0.747. The highest BCUT2D eigenvalue weighted by Crippen LogP contribution is 2.13. The lowest BCUT2D eigenvalue weighted by molar-refractivity contribution is 0.265. The first-order valence-electron chi connectivity index (χ1n) is 7.30. The first-order chi connectivity index (χ1) is 10.7. The van der Waals surface area contributed by atoms with Gasteiger partial charge in [-0.05, 0) is 5.56 Å². The molecule has 1 atom stereocenters. The van der Waals surface area contributed by atoms with Crippen LogP contribution < -0.4 is 10.6 Å². The van der Waals surface area contributed by atoms with Crippen LogP contribution in [-0.4, -0.2) is 41.0 Å². The predicted octanol–water partition coefficient (Wildman–Crippen LogP) is 1.48. The Kier molecular flexibility index (Phi) is 8.64. The maximum Gasteiger partial charge on any atom is 0.191 e. The highest BCUT2D eigenvalue weighted by molar-refractivity contribution is 14.0. The smallest absolute Gasteiger partial charge is 0.191 e. The van der Waals surface area contributed by atoms with Crippen molar-refractivity contribution >= 4 is 29.9 Å². The van der Waals surface area contributed by atoms with E-state index >= 15 is 0 Å². The largest absolute Gasteiger partial charge is 0.396 e. The molecule has 6 nitrogen and oxygen atoms in total. The minimum Gasteiger partial charge on any atom is -0.396 e. The summed E-state index contributed by atoms with van der Waals surface area (Å²) >= 11 is 0. The second-order valence-electron chi connectivity index (χ2n) is 5.12. The summed E-state index contributed by atoms with van der Waals surface area (Å²) in [7, 11) is 3.62. The van der Waals surface area contributed by atoms with Crippen molar-refractivity contribution in [1.82, 2.24) is 20.4 Å². The van der Waals surface area contributed by atoms with Gasteiger partial charge in [0.25, 0.3) is 0 Å². The number of rotatable bonds is 6. The van der Waals surface area contributed by atoms with Gasteiger partial charge in [-0.15, -0.1) is 24.0 Å². The van der Waals surface area contributed by atoms with E-state index in [4.69, 9.17) is 0 Å². The Morgan fingerprint density at radius 1 is 1.30 bits per heavy atom. The lowest BCUT2D eigenvalue weighted by Crippen LogP contribution is -2.39. The Hall–Kier alpha value is -1.61. The van der Waals surface area contributed by atoms with Crippen molar-refractivity contribution in [3.63, 3.8) is 0 Å². The summed E-state index contributed by atoms with van der Waals surface area (Å²) in [5, 5.41) is 20.2. The van der Waals surface area contributed by atoms with Crippen LogP contribution in [0, 0.1) is 0 Å². The number of aliphatic imine (C=N–C) groups is 1. The van der Waals surface area contributed by atoms with Crippen molar-refractivity contribution in [2.45, 2.75) is 12.5 Å². The average Bonchev–Trinajstić information content (AvgIpc) is 2.97. The number of aryl methyl sites for hydroxylation is 1. The SMILES string of the molecule is CN=C(NCc1cnn(C)c1)NCC(CO)c1ccccc1.I. The molecular weight excluding hydrogens is 405 g/mol. The number of nitrogens with one attached hydrogen (secondary N) is 2. The molecule has 23 heavy (non-hydrogen) atoms. The molecule has 0 bridgehead atoms. The van der Waals surface area contributed by atoms with E-state index in [0.717, 1.165) is 11.1 Å². The van der Waals surface area contributed by atoms with E-state index < -0.39 is 0 Å². The Labute approximate surface area is 154 Å². The minimum atomic E-state index is 0. The highest BCUT2D eigenvalue weighted by Gasteiger charge is 2.10. The third-order valence-corrected chi connectivity index (χ3v) is 3.45. The summed E-state index contributed by atoms with van der Waals surface area (Å²) in [5.41, 5.74) is 2.20. The van der Waals surface area contributed by atoms with Crippen LogP contribution in [-0.2, 0) is 13.6 Å². The van der Waals surface area contributed by atoms with Gasteiger partial charge in [-0.25, -0.2) is 0 Å². The topological polar surface area (TPSA) is 74.5 Å². The molecule has 7 heteroatoms. The number of guanidine groups is 1. The second kappa shape index (κ2) is 10.2. The monoisotopic (exact) mass is 429 g/mol. The van der Waals surface area contributed by atoms with Gasteiger partial charge in [-0.1, -0.05) is 30.3 Å². The quantitative estimate of drug-likeness (QED) is 0.370. The predicted molar refractivity (Wildman–Crippen MR) is 103 cm³/mol. The molecule has 126 valence electrons. The molecule has 1 unspecified atom stereocenters. The molecular formula is C16H24IN5O. The van der Waals surface area contributed by atoms with Crippen LogP contribution in [0.3, 0.4) is 0 Å². The normalized spacial score (nSPS) is 12.4. The zero-order valence-corrected chi connectivity index (χ0v) is 15.8. The lowest BCUT2D eigenvalue weighted by Gasteiger charge is -2.17. The molecule has 0 radical (unpaired) electrons. The summed E-state index contributed by atoms with van der Waals surface area (Å²) in [6.45, 7) is 1.37. The van der Waals surface area contributed by atoms with Gasteiger partial charge in [0, 0.05) is 44.9 Å². The molecule has 1 heterocycles. The van der Waals surface area contributed by atoms with Crippen molar-refractivity contribution in [1.29, 1.82) is 0 Å². The van der Waals surface area contributed by atoms with E-state index in [2.05, 4.69) is 20.7 Å². The molecule has 2 rings (SSSR count). The van der Waals surface area contributed by atoms with Gasteiger partial charge >= 0.3 is 0 Å². The number of aliphatic hydroxyl groups is 1. The Morgan fingerprint density at radius 3 is 2.61 bits per heavy atom. The Morgan fingerprint density at radius 2 is 2.04 bits per heavy atom. The minimum absolute atomic E-state index is 0. The van der Waals surface area contributed by atoms with E-state index in [1.54, 1.807) is 11.7 Å². The fourth-order valence-corrected chi connectivity index (χ4v) is 2.20. The third kappa shape index (κ3) is 6.19. The van der Waals surface area contributed by atoms with E-state index in [-0.39, 0.29) is 36.5 Å². The number of hydrogen-bond acceptors (Lipinski definition) is 3. The molecule has 0 fully saturated rings. The first-order valence-corrected chi connectivity index (χ1v) is 7.30. The third-order valence-electron chi connectivity index (χ3n) is 3.45. The molecule has 0 saturated heterocycles. The van der Waals surface area contributed by atoms with Gasteiger partial charge in [0.1, 0.15) is 0 Å². The molecule has 0 aliphatic carbocycles. The number of halogens is 1. The molecule has 1 aromatic carbocycles. The van der Waals surface area contributed by atoms with E-state index in [0.29, 0.717) is 19.0 Å². The van der Waals surface area contributed by atoms with Crippen LogP contribution in [0.2, 0.25) is 0 Å². The molecule has 0 amide bonds. The van der Waals surface area contributed by atoms with Crippen LogP contribution in [0.4, 0.5) is 0 Å². The number of aromatic nitrogens is 2. The molecule has 1 aromatic heterocycles. The van der Waals surface area contributed by atoms with Crippen molar-refractivity contribution in [3.8, 4) is 0 Å². The van der Waals surface area contributed by atoms with Crippen molar-refractivity contribution < 1.29 is 5.11 Å². The molecule has 2 aromatic rings. The zero-order valence-electron chi connectivity index (χ0n) is 13.4. The van der Waals surface area contributed by atoms with Crippen LogP contribution in [0.15, 0.2) is 47.7 Å². The summed E-state index contributed by atoms with van der Waals surface area (Å²) in [6.07, 6.45) is 3.78. The summed E-state index contributed by atoms with van der Waals surface area (Å²) in [4.78, 5) is 4.20. The van der Waals surface area contributed by atoms with Crippen LogP contribution in [0.25, 0.3) is 0 Å². The lowest BCUT2D eigenvalue weighted by atomic mass is 10.0. The highest BCUT2D eigenvalue weighted by atomic mass is 127. The average molecular weight is 429 g/mol. The van der Waals surface area contributed by atoms with Gasteiger partial charge < -0.3 is 15.7 Å². The van der Waals surface area contributed by atoms with Gasteiger partial charge in [-0.2, -0.15) is 5.10 Å². The van der Waals surface area contributed by atoms with Crippen LogP contribution in [0.5, 0.6) is 0 Å². The standard InChI is InChI=1S/C16H23N5O.HI/c1-17-16(18-8-13-9-20-21(2)11-13)19-10-15(12-22)14-6-4-3-5-7-14;/h3-7,9,11,15,22H,8,10,12H2,1-2H3,(H2,17,18,19);1H. The van der Waals surface area contributed by atoms with E-state index in [1.807, 2.05) is 49.8 Å². The molecule has 0 aliphatic rings.